The average molecular weight is 424 g/mol. The van der Waals surface area contributed by atoms with Gasteiger partial charge in [-0.05, 0) is 55.2 Å². The van der Waals surface area contributed by atoms with Crippen molar-refractivity contribution in [3.63, 3.8) is 0 Å². The number of rotatable bonds is 6. The van der Waals surface area contributed by atoms with Gasteiger partial charge in [-0.3, -0.25) is 9.59 Å². The molecule has 1 aliphatic heterocycles. The molecular weight excluding hydrogens is 396 g/mol. The molecule has 2 aromatic rings. The Morgan fingerprint density at radius 3 is 2.61 bits per heavy atom. The van der Waals surface area contributed by atoms with Crippen molar-refractivity contribution in [3.05, 3.63) is 53.6 Å². The smallest absolute Gasteiger partial charge is 0.344 e. The lowest BCUT2D eigenvalue weighted by atomic mass is 9.98. The Bertz CT molecular complexity index is 986. The van der Waals surface area contributed by atoms with Crippen LogP contribution in [0.4, 0.5) is 11.4 Å². The molecule has 0 saturated heterocycles. The van der Waals surface area contributed by atoms with E-state index in [2.05, 4.69) is 19.2 Å². The number of carbonyl (C=O) groups excluding carboxylic acids is 3. The molecule has 0 radical (unpaired) electrons. The minimum Gasteiger partial charge on any atom is -0.482 e. The standard InChI is InChI=1S/C24H28N2O5/c1-15(2)19-10-9-18(11-16(19)3)30-14-24(29)31-13-23(28)26-17(4)12-22(27)25-20-7-5-6-8-21(20)26/h5-11,15,17H,12-14H2,1-4H3,(H,25,27). The van der Waals surface area contributed by atoms with Gasteiger partial charge >= 0.3 is 5.97 Å². The molecule has 1 unspecified atom stereocenters. The number of aryl methyl sites for hydroxylation is 1. The van der Waals surface area contributed by atoms with E-state index in [4.69, 9.17) is 9.47 Å². The number of fused-ring (bicyclic) bond motifs is 1. The van der Waals surface area contributed by atoms with Crippen molar-refractivity contribution in [1.29, 1.82) is 0 Å². The highest BCUT2D eigenvalue weighted by Gasteiger charge is 2.30. The van der Waals surface area contributed by atoms with Crippen LogP contribution in [-0.4, -0.2) is 37.0 Å². The molecule has 2 amide bonds. The van der Waals surface area contributed by atoms with Gasteiger partial charge < -0.3 is 19.7 Å². The highest BCUT2D eigenvalue weighted by Crippen LogP contribution is 2.31. The van der Waals surface area contributed by atoms with Crippen molar-refractivity contribution in [2.24, 2.45) is 0 Å². The summed E-state index contributed by atoms with van der Waals surface area (Å²) in [6, 6.07) is 12.4. The summed E-state index contributed by atoms with van der Waals surface area (Å²) in [5, 5.41) is 2.80. The minimum absolute atomic E-state index is 0.156. The van der Waals surface area contributed by atoms with Gasteiger partial charge in [0.25, 0.3) is 5.91 Å². The van der Waals surface area contributed by atoms with E-state index in [-0.39, 0.29) is 25.0 Å². The van der Waals surface area contributed by atoms with E-state index < -0.39 is 18.5 Å². The molecule has 1 N–H and O–H groups in total. The van der Waals surface area contributed by atoms with Crippen molar-refractivity contribution >= 4 is 29.2 Å². The number of benzene rings is 2. The molecule has 1 heterocycles. The third-order valence-electron chi connectivity index (χ3n) is 5.20. The van der Waals surface area contributed by atoms with Gasteiger partial charge in [-0.2, -0.15) is 0 Å². The first kappa shape index (κ1) is 22.3. The molecule has 7 heteroatoms. The molecular formula is C24H28N2O5. The maximum atomic E-state index is 12.8. The summed E-state index contributed by atoms with van der Waals surface area (Å²) in [7, 11) is 0. The maximum absolute atomic E-state index is 12.8. The molecule has 0 bridgehead atoms. The number of hydrogen-bond acceptors (Lipinski definition) is 5. The Labute approximate surface area is 182 Å². The molecule has 0 aliphatic carbocycles. The van der Waals surface area contributed by atoms with Crippen LogP contribution in [0.15, 0.2) is 42.5 Å². The summed E-state index contributed by atoms with van der Waals surface area (Å²) in [6.07, 6.45) is 0.156. The number of hydrogen-bond donors (Lipinski definition) is 1. The van der Waals surface area contributed by atoms with E-state index in [0.717, 1.165) is 5.56 Å². The minimum atomic E-state index is -0.635. The Kier molecular flexibility index (Phi) is 6.95. The van der Waals surface area contributed by atoms with Crippen LogP contribution in [0.1, 0.15) is 44.2 Å². The number of ether oxygens (including phenoxy) is 2. The van der Waals surface area contributed by atoms with Crippen molar-refractivity contribution in [2.45, 2.75) is 46.1 Å². The fourth-order valence-electron chi connectivity index (χ4n) is 3.75. The van der Waals surface area contributed by atoms with Crippen molar-refractivity contribution in [2.75, 3.05) is 23.4 Å². The fourth-order valence-corrected chi connectivity index (χ4v) is 3.75. The van der Waals surface area contributed by atoms with Gasteiger partial charge in [-0.1, -0.05) is 32.0 Å². The molecule has 0 spiro atoms. The summed E-state index contributed by atoms with van der Waals surface area (Å²) in [4.78, 5) is 38.5. The second kappa shape index (κ2) is 9.64. The summed E-state index contributed by atoms with van der Waals surface area (Å²) in [5.41, 5.74) is 3.45. The monoisotopic (exact) mass is 424 g/mol. The first-order valence-corrected chi connectivity index (χ1v) is 10.4. The van der Waals surface area contributed by atoms with Gasteiger partial charge in [0.1, 0.15) is 5.75 Å². The molecule has 164 valence electrons. The average Bonchev–Trinajstić information content (AvgIpc) is 2.84. The number of nitrogens with one attached hydrogen (secondary N) is 1. The van der Waals surface area contributed by atoms with Crippen LogP contribution in [0.5, 0.6) is 5.75 Å². The quantitative estimate of drug-likeness (QED) is 0.713. The Morgan fingerprint density at radius 1 is 1.16 bits per heavy atom. The number of carbonyl (C=O) groups is 3. The van der Waals surface area contributed by atoms with Gasteiger partial charge in [0.2, 0.25) is 5.91 Å². The third-order valence-corrected chi connectivity index (χ3v) is 5.20. The number of nitrogens with zero attached hydrogens (tertiary/aromatic N) is 1. The van der Waals surface area contributed by atoms with Crippen LogP contribution in [-0.2, 0) is 19.1 Å². The van der Waals surface area contributed by atoms with Crippen molar-refractivity contribution < 1.29 is 23.9 Å². The van der Waals surface area contributed by atoms with Crippen LogP contribution in [0.3, 0.4) is 0 Å². The van der Waals surface area contributed by atoms with Crippen molar-refractivity contribution in [3.8, 4) is 5.75 Å². The predicted molar refractivity (Wildman–Crippen MR) is 118 cm³/mol. The SMILES string of the molecule is Cc1cc(OCC(=O)OCC(=O)N2c3ccccc3NC(=O)CC2C)ccc1C(C)C. The van der Waals surface area contributed by atoms with E-state index >= 15 is 0 Å². The van der Waals surface area contributed by atoms with Crippen molar-refractivity contribution in [1.82, 2.24) is 0 Å². The second-order valence-electron chi connectivity index (χ2n) is 8.00. The molecule has 3 rings (SSSR count). The lowest BCUT2D eigenvalue weighted by molar-refractivity contribution is -0.149. The van der Waals surface area contributed by atoms with Crippen LogP contribution in [0.2, 0.25) is 0 Å². The van der Waals surface area contributed by atoms with E-state index in [1.165, 1.54) is 10.5 Å². The van der Waals surface area contributed by atoms with Crippen LogP contribution < -0.4 is 15.0 Å². The normalized spacial score (nSPS) is 15.7. The highest BCUT2D eigenvalue weighted by atomic mass is 16.6. The van der Waals surface area contributed by atoms with E-state index in [1.54, 1.807) is 31.2 Å². The summed E-state index contributed by atoms with van der Waals surface area (Å²) < 4.78 is 10.7. The molecule has 1 atom stereocenters. The number of amides is 2. The molecule has 2 aromatic carbocycles. The van der Waals surface area contributed by atoms with Crippen LogP contribution in [0, 0.1) is 6.92 Å². The molecule has 31 heavy (non-hydrogen) atoms. The maximum Gasteiger partial charge on any atom is 0.344 e. The number of para-hydroxylation sites is 2. The van der Waals surface area contributed by atoms with E-state index in [1.807, 2.05) is 25.1 Å². The first-order valence-electron chi connectivity index (χ1n) is 10.4. The molecule has 7 nitrogen and oxygen atoms in total. The lowest BCUT2D eigenvalue weighted by Crippen LogP contribution is -2.41. The molecule has 0 aromatic heterocycles. The topological polar surface area (TPSA) is 84.9 Å². The number of esters is 1. The van der Waals surface area contributed by atoms with Gasteiger partial charge in [0.05, 0.1) is 11.4 Å². The molecule has 1 aliphatic rings. The zero-order chi connectivity index (χ0) is 22.5. The van der Waals surface area contributed by atoms with E-state index in [9.17, 15) is 14.4 Å². The third kappa shape index (κ3) is 5.42. The summed E-state index contributed by atoms with van der Waals surface area (Å²) in [6.45, 7) is 7.30. The van der Waals surface area contributed by atoms with Gasteiger partial charge in [-0.25, -0.2) is 4.79 Å². The Hall–Kier alpha value is -3.35. The van der Waals surface area contributed by atoms with E-state index in [0.29, 0.717) is 23.0 Å². The Morgan fingerprint density at radius 2 is 1.90 bits per heavy atom. The predicted octanol–water partition coefficient (Wildman–Crippen LogP) is 3.80. The second-order valence-corrected chi connectivity index (χ2v) is 8.00. The lowest BCUT2D eigenvalue weighted by Gasteiger charge is -2.27. The fraction of sp³-hybridized carbons (Fsp3) is 0.375. The Balaban J connectivity index is 1.58. The highest BCUT2D eigenvalue weighted by molar-refractivity contribution is 6.05. The van der Waals surface area contributed by atoms with Crippen LogP contribution >= 0.6 is 0 Å². The molecule has 0 fully saturated rings. The summed E-state index contributed by atoms with van der Waals surface area (Å²) in [5.74, 6) is -0.225. The number of anilines is 2. The largest absolute Gasteiger partial charge is 0.482 e. The zero-order valence-electron chi connectivity index (χ0n) is 18.3. The summed E-state index contributed by atoms with van der Waals surface area (Å²) >= 11 is 0. The zero-order valence-corrected chi connectivity index (χ0v) is 18.3. The first-order chi connectivity index (χ1) is 14.8. The van der Waals surface area contributed by atoms with Gasteiger partial charge in [0.15, 0.2) is 13.2 Å². The van der Waals surface area contributed by atoms with Crippen LogP contribution in [0.25, 0.3) is 0 Å². The molecule has 0 saturated carbocycles. The van der Waals surface area contributed by atoms with Gasteiger partial charge in [0, 0.05) is 12.5 Å². The van der Waals surface area contributed by atoms with Gasteiger partial charge in [-0.15, -0.1) is 0 Å².